The van der Waals surface area contributed by atoms with Gasteiger partial charge in [-0.2, -0.15) is 5.10 Å². The maximum atomic E-state index is 13.4. The average molecular weight is 463 g/mol. The van der Waals surface area contributed by atoms with Crippen molar-refractivity contribution in [2.24, 2.45) is 5.92 Å². The molecule has 0 fully saturated rings. The van der Waals surface area contributed by atoms with Crippen LogP contribution in [0.25, 0.3) is 28.7 Å². The normalized spacial score (nSPS) is 11.7. The van der Waals surface area contributed by atoms with Crippen LogP contribution < -0.4 is 5.56 Å². The van der Waals surface area contributed by atoms with Gasteiger partial charge in [-0.25, -0.2) is 9.78 Å². The molecule has 0 radical (unpaired) electrons. The Labute approximate surface area is 195 Å². The second kappa shape index (κ2) is 9.03. The number of halogens is 1. The molecular weight excluding hydrogens is 440 g/mol. The zero-order valence-electron chi connectivity index (χ0n) is 18.5. The molecule has 0 bridgehead atoms. The number of carbonyl (C=O) groups is 1. The zero-order valence-corrected chi connectivity index (χ0v) is 19.2. The van der Waals surface area contributed by atoms with Gasteiger partial charge in [-0.15, -0.1) is 0 Å². The van der Waals surface area contributed by atoms with Crippen molar-refractivity contribution in [3.8, 4) is 5.69 Å². The van der Waals surface area contributed by atoms with Gasteiger partial charge >= 0.3 is 5.97 Å². The summed E-state index contributed by atoms with van der Waals surface area (Å²) in [6.07, 6.45) is 3.54. The minimum absolute atomic E-state index is 0.137. The molecule has 0 atom stereocenters. The van der Waals surface area contributed by atoms with Crippen LogP contribution in [-0.4, -0.2) is 30.4 Å². The van der Waals surface area contributed by atoms with E-state index in [1.165, 1.54) is 16.7 Å². The van der Waals surface area contributed by atoms with Gasteiger partial charge in [0.25, 0.3) is 5.56 Å². The summed E-state index contributed by atoms with van der Waals surface area (Å²) in [5.41, 5.74) is 2.50. The molecule has 2 heterocycles. The van der Waals surface area contributed by atoms with E-state index in [2.05, 4.69) is 23.9 Å². The third kappa shape index (κ3) is 4.45. The molecule has 4 rings (SSSR count). The Balaban J connectivity index is 1.87. The van der Waals surface area contributed by atoms with Crippen LogP contribution in [0.2, 0.25) is 5.15 Å². The topological polar surface area (TPSA) is 90.0 Å². The number of rotatable bonds is 6. The Kier molecular flexibility index (Phi) is 6.16. The number of aromatic carboxylic acids is 1. The summed E-state index contributed by atoms with van der Waals surface area (Å²) in [6, 6.07) is 13.2. The highest BCUT2D eigenvalue weighted by Crippen LogP contribution is 2.24. The molecule has 0 saturated heterocycles. The molecule has 0 unspecified atom stereocenters. The molecule has 0 aliphatic rings. The van der Waals surface area contributed by atoms with Crippen molar-refractivity contribution in [1.29, 1.82) is 0 Å². The highest BCUT2D eigenvalue weighted by atomic mass is 35.5. The van der Waals surface area contributed by atoms with E-state index < -0.39 is 5.97 Å². The number of hydrogen-bond acceptors (Lipinski definition) is 4. The second-order valence-corrected chi connectivity index (χ2v) is 8.54. The summed E-state index contributed by atoms with van der Waals surface area (Å²) in [7, 11) is 0. The lowest BCUT2D eigenvalue weighted by Crippen LogP contribution is -2.22. The summed E-state index contributed by atoms with van der Waals surface area (Å²) in [5, 5.41) is 14.7. The van der Waals surface area contributed by atoms with Crippen LogP contribution in [-0.2, 0) is 6.54 Å². The monoisotopic (exact) mass is 462 g/mol. The van der Waals surface area contributed by atoms with Crippen molar-refractivity contribution >= 4 is 40.6 Å². The van der Waals surface area contributed by atoms with Crippen molar-refractivity contribution in [3.63, 3.8) is 0 Å². The molecule has 0 amide bonds. The summed E-state index contributed by atoms with van der Waals surface area (Å²) >= 11 is 6.57. The average Bonchev–Trinajstić information content (AvgIpc) is 3.04. The number of benzene rings is 2. The predicted molar refractivity (Wildman–Crippen MR) is 130 cm³/mol. The highest BCUT2D eigenvalue weighted by molar-refractivity contribution is 6.31. The first kappa shape index (κ1) is 22.5. The van der Waals surface area contributed by atoms with Crippen LogP contribution in [0.5, 0.6) is 0 Å². The number of nitrogens with zero attached hydrogens (tertiary/aromatic N) is 4. The number of para-hydroxylation sites is 1. The van der Waals surface area contributed by atoms with Gasteiger partial charge in [0.1, 0.15) is 11.0 Å². The van der Waals surface area contributed by atoms with E-state index in [0.717, 1.165) is 11.3 Å². The first-order chi connectivity index (χ1) is 15.8. The number of hydrogen-bond donors (Lipinski definition) is 1. The molecule has 0 spiro atoms. The quantitative estimate of drug-likeness (QED) is 0.432. The number of carboxylic acid groups (broad SMARTS) is 1. The lowest BCUT2D eigenvalue weighted by atomic mass is 10.2. The fourth-order valence-corrected chi connectivity index (χ4v) is 3.95. The molecule has 2 aromatic heterocycles. The smallest absolute Gasteiger partial charge is 0.335 e. The Morgan fingerprint density at radius 1 is 1.12 bits per heavy atom. The van der Waals surface area contributed by atoms with Crippen LogP contribution in [0.1, 0.15) is 41.3 Å². The molecule has 168 valence electrons. The molecule has 2 aromatic carbocycles. The number of fused-ring (bicyclic) bond motifs is 1. The lowest BCUT2D eigenvalue weighted by molar-refractivity contribution is 0.0697. The van der Waals surface area contributed by atoms with E-state index in [1.807, 2.05) is 13.0 Å². The van der Waals surface area contributed by atoms with Crippen LogP contribution in [0, 0.1) is 12.8 Å². The summed E-state index contributed by atoms with van der Waals surface area (Å²) < 4.78 is 3.24. The van der Waals surface area contributed by atoms with Crippen LogP contribution >= 0.6 is 11.6 Å². The van der Waals surface area contributed by atoms with E-state index in [0.29, 0.717) is 40.0 Å². The third-order valence-corrected chi connectivity index (χ3v) is 5.62. The number of carboxylic acids is 1. The maximum Gasteiger partial charge on any atom is 0.335 e. The molecule has 8 heteroatoms. The van der Waals surface area contributed by atoms with Crippen LogP contribution in [0.3, 0.4) is 0 Å². The Morgan fingerprint density at radius 2 is 1.82 bits per heavy atom. The maximum absolute atomic E-state index is 13.4. The van der Waals surface area contributed by atoms with E-state index in [-0.39, 0.29) is 11.1 Å². The van der Waals surface area contributed by atoms with Gasteiger partial charge in [0.15, 0.2) is 0 Å². The number of aryl methyl sites for hydroxylation is 1. The van der Waals surface area contributed by atoms with Crippen molar-refractivity contribution in [1.82, 2.24) is 19.3 Å². The van der Waals surface area contributed by atoms with Gasteiger partial charge in [-0.3, -0.25) is 14.0 Å². The van der Waals surface area contributed by atoms with Gasteiger partial charge in [-0.1, -0.05) is 37.6 Å². The Hall–Kier alpha value is -3.71. The number of aromatic nitrogens is 4. The van der Waals surface area contributed by atoms with Crippen molar-refractivity contribution in [2.45, 2.75) is 27.3 Å². The van der Waals surface area contributed by atoms with E-state index >= 15 is 0 Å². The molecule has 0 aliphatic carbocycles. The van der Waals surface area contributed by atoms with E-state index in [4.69, 9.17) is 11.6 Å². The van der Waals surface area contributed by atoms with E-state index in [9.17, 15) is 14.7 Å². The first-order valence-corrected chi connectivity index (χ1v) is 10.9. The molecule has 4 aromatic rings. The minimum Gasteiger partial charge on any atom is -0.478 e. The first-order valence-electron chi connectivity index (χ1n) is 10.5. The minimum atomic E-state index is -1.03. The molecule has 1 N–H and O–H groups in total. The molecule has 0 saturated carbocycles. The zero-order chi connectivity index (χ0) is 23.7. The SMILES string of the molecule is Cc1nn(CC(C)C)c(Cl)c1/C=C/c1nc2ccccc2c(=O)n1-c1ccc(C(=O)O)cc1. The molecule has 7 nitrogen and oxygen atoms in total. The van der Waals surface area contributed by atoms with E-state index in [1.54, 1.807) is 47.2 Å². The summed E-state index contributed by atoms with van der Waals surface area (Å²) in [4.78, 5) is 29.3. The summed E-state index contributed by atoms with van der Waals surface area (Å²) in [6.45, 7) is 6.77. The van der Waals surface area contributed by atoms with Crippen molar-refractivity contribution in [2.75, 3.05) is 0 Å². The Bertz CT molecular complexity index is 1430. The van der Waals surface area contributed by atoms with Gasteiger partial charge in [0, 0.05) is 12.1 Å². The van der Waals surface area contributed by atoms with Crippen molar-refractivity contribution < 1.29 is 9.90 Å². The predicted octanol–water partition coefficient (Wildman–Crippen LogP) is 5.07. The molecular formula is C25H23ClN4O3. The molecule has 0 aliphatic heterocycles. The fraction of sp³-hybridized carbons (Fsp3) is 0.200. The second-order valence-electron chi connectivity index (χ2n) is 8.18. The molecule has 33 heavy (non-hydrogen) atoms. The van der Waals surface area contributed by atoms with Crippen LogP contribution in [0.15, 0.2) is 53.3 Å². The summed E-state index contributed by atoms with van der Waals surface area (Å²) in [5.74, 6) is -0.247. The lowest BCUT2D eigenvalue weighted by Gasteiger charge is -2.11. The third-order valence-electron chi connectivity index (χ3n) is 5.22. The van der Waals surface area contributed by atoms with Gasteiger partial charge in [-0.05, 0) is 61.4 Å². The largest absolute Gasteiger partial charge is 0.478 e. The van der Waals surface area contributed by atoms with Crippen LogP contribution in [0.4, 0.5) is 0 Å². The van der Waals surface area contributed by atoms with Gasteiger partial charge < -0.3 is 5.11 Å². The van der Waals surface area contributed by atoms with Gasteiger partial charge in [0.05, 0.1) is 27.8 Å². The van der Waals surface area contributed by atoms with Crippen molar-refractivity contribution in [3.05, 3.63) is 86.7 Å². The standard InChI is InChI=1S/C25H23ClN4O3/c1-15(2)14-29-23(26)19(16(3)28-29)12-13-22-27-21-7-5-4-6-20(21)24(31)30(22)18-10-8-17(9-11-18)25(32)33/h4-13,15H,14H2,1-3H3,(H,32,33)/b13-12+. The Morgan fingerprint density at radius 3 is 2.48 bits per heavy atom. The fourth-order valence-electron chi connectivity index (χ4n) is 3.65. The van der Waals surface area contributed by atoms with Gasteiger partial charge in [0.2, 0.25) is 0 Å². The highest BCUT2D eigenvalue weighted by Gasteiger charge is 2.15.